The Hall–Kier alpha value is -1.92. The highest BCUT2D eigenvalue weighted by Gasteiger charge is 2.23. The average molecular weight is 373 g/mol. The van der Waals surface area contributed by atoms with Crippen molar-refractivity contribution in [3.63, 3.8) is 0 Å². The minimum atomic E-state index is -0.139. The molecular weight excluding hydrogens is 352 g/mol. The van der Waals surface area contributed by atoms with E-state index in [9.17, 15) is 9.90 Å². The summed E-state index contributed by atoms with van der Waals surface area (Å²) in [6, 6.07) is 5.38. The number of thiophene rings is 1. The largest absolute Gasteiger partial charge is 0.506 e. The van der Waals surface area contributed by atoms with Crippen LogP contribution >= 0.6 is 23.6 Å². The molecule has 1 aliphatic rings. The van der Waals surface area contributed by atoms with Gasteiger partial charge in [-0.15, -0.1) is 11.3 Å². The molecule has 130 valence electrons. The zero-order chi connectivity index (χ0) is 17.9. The molecule has 1 aliphatic carbocycles. The number of nitrogens with one attached hydrogen (secondary N) is 1. The van der Waals surface area contributed by atoms with Gasteiger partial charge in [-0.05, 0) is 60.2 Å². The number of aromatic nitrogens is 2. The molecule has 1 aromatic carbocycles. The number of benzene rings is 1. The van der Waals surface area contributed by atoms with E-state index in [1.807, 2.05) is 12.1 Å². The third-order valence-corrected chi connectivity index (χ3v) is 6.34. The van der Waals surface area contributed by atoms with Crippen molar-refractivity contribution in [2.75, 3.05) is 0 Å². The lowest BCUT2D eigenvalue weighted by atomic mass is 9.87. The van der Waals surface area contributed by atoms with Crippen LogP contribution in [0.5, 0.6) is 5.75 Å². The second-order valence-electron chi connectivity index (χ2n) is 7.59. The molecule has 4 nitrogen and oxygen atoms in total. The predicted molar refractivity (Wildman–Crippen MR) is 105 cm³/mol. The number of H-pyrrole nitrogens is 1. The van der Waals surface area contributed by atoms with Crippen molar-refractivity contribution in [3.8, 4) is 11.4 Å². The van der Waals surface area contributed by atoms with Gasteiger partial charge in [-0.25, -0.2) is 4.57 Å². The molecule has 2 heterocycles. The normalized spacial score (nSPS) is 14.2. The highest BCUT2D eigenvalue weighted by Crippen LogP contribution is 2.35. The summed E-state index contributed by atoms with van der Waals surface area (Å²) in [5.41, 5.74) is 2.40. The zero-order valence-electron chi connectivity index (χ0n) is 14.5. The molecule has 4 rings (SSSR count). The van der Waals surface area contributed by atoms with Crippen LogP contribution < -0.4 is 5.56 Å². The topological polar surface area (TPSA) is 58.0 Å². The first-order valence-electron chi connectivity index (χ1n) is 8.41. The summed E-state index contributed by atoms with van der Waals surface area (Å²) in [6.45, 7) is 6.30. The Kier molecular flexibility index (Phi) is 3.67. The lowest BCUT2D eigenvalue weighted by Gasteiger charge is -2.20. The van der Waals surface area contributed by atoms with E-state index >= 15 is 0 Å². The lowest BCUT2D eigenvalue weighted by Crippen LogP contribution is -2.21. The molecule has 0 radical (unpaired) electrons. The molecule has 6 heteroatoms. The van der Waals surface area contributed by atoms with Gasteiger partial charge >= 0.3 is 0 Å². The molecule has 0 saturated heterocycles. The summed E-state index contributed by atoms with van der Waals surface area (Å²) in [5, 5.41) is 11.1. The van der Waals surface area contributed by atoms with Crippen molar-refractivity contribution >= 4 is 33.8 Å². The van der Waals surface area contributed by atoms with Gasteiger partial charge < -0.3 is 10.1 Å². The van der Waals surface area contributed by atoms with E-state index in [4.69, 9.17) is 12.2 Å². The van der Waals surface area contributed by atoms with Gasteiger partial charge in [0.05, 0.1) is 11.1 Å². The Balaban J connectivity index is 2.05. The minimum absolute atomic E-state index is 0.0563. The van der Waals surface area contributed by atoms with E-state index in [1.54, 1.807) is 17.4 Å². The van der Waals surface area contributed by atoms with Gasteiger partial charge in [0, 0.05) is 4.88 Å². The number of hydrogen-bond donors (Lipinski definition) is 2. The van der Waals surface area contributed by atoms with Crippen LogP contribution in [0.3, 0.4) is 0 Å². The van der Waals surface area contributed by atoms with Crippen LogP contribution in [0.1, 0.15) is 43.2 Å². The predicted octanol–water partition coefficient (Wildman–Crippen LogP) is 4.60. The van der Waals surface area contributed by atoms with Crippen molar-refractivity contribution < 1.29 is 5.11 Å². The summed E-state index contributed by atoms with van der Waals surface area (Å²) in [7, 11) is 0. The number of phenols is 1. The first-order chi connectivity index (χ1) is 11.8. The smallest absolute Gasteiger partial charge is 0.268 e. The maximum absolute atomic E-state index is 13.3. The van der Waals surface area contributed by atoms with E-state index in [1.165, 1.54) is 9.44 Å². The highest BCUT2D eigenvalue weighted by atomic mass is 32.1. The number of nitrogens with zero attached hydrogens (tertiary/aromatic N) is 1. The van der Waals surface area contributed by atoms with Gasteiger partial charge in [0.2, 0.25) is 0 Å². The van der Waals surface area contributed by atoms with Gasteiger partial charge in [0.15, 0.2) is 4.77 Å². The Morgan fingerprint density at radius 1 is 1.28 bits per heavy atom. The summed E-state index contributed by atoms with van der Waals surface area (Å²) in [5.74, 6) is 0.0563. The van der Waals surface area contributed by atoms with Gasteiger partial charge in [-0.1, -0.05) is 26.8 Å². The van der Waals surface area contributed by atoms with Crippen molar-refractivity contribution in [2.45, 2.75) is 45.4 Å². The second kappa shape index (κ2) is 5.54. The Bertz CT molecular complexity index is 1110. The molecule has 2 aromatic heterocycles. The molecule has 0 amide bonds. The average Bonchev–Trinajstić information content (AvgIpc) is 3.07. The molecule has 2 N–H and O–H groups in total. The van der Waals surface area contributed by atoms with Crippen LogP contribution in [0.4, 0.5) is 0 Å². The molecule has 0 aliphatic heterocycles. The summed E-state index contributed by atoms with van der Waals surface area (Å²) < 4.78 is 1.76. The number of aromatic amines is 1. The molecule has 0 fully saturated rings. The standard InChI is InChI=1S/C19H20N2O2S2/c1-19(2,3)10-7-8-13(22)12(9-10)21-17(23)15-11-5-4-6-14(11)25-16(15)20-18(21)24/h7-9,22H,4-6H2,1-3H3,(H,20,24). The van der Waals surface area contributed by atoms with Crippen LogP contribution in [0.2, 0.25) is 0 Å². The Morgan fingerprint density at radius 2 is 2.04 bits per heavy atom. The summed E-state index contributed by atoms with van der Waals surface area (Å²) in [4.78, 5) is 18.6. The Morgan fingerprint density at radius 3 is 2.76 bits per heavy atom. The van der Waals surface area contributed by atoms with Crippen LogP contribution in [0.25, 0.3) is 15.9 Å². The second-order valence-corrected chi connectivity index (χ2v) is 9.08. The zero-order valence-corrected chi connectivity index (χ0v) is 16.1. The molecule has 0 atom stereocenters. The lowest BCUT2D eigenvalue weighted by molar-refractivity contribution is 0.470. The fourth-order valence-corrected chi connectivity index (χ4v) is 5.09. The van der Waals surface area contributed by atoms with E-state index in [0.29, 0.717) is 10.5 Å². The number of fused-ring (bicyclic) bond motifs is 3. The maximum Gasteiger partial charge on any atom is 0.268 e. The van der Waals surface area contributed by atoms with Crippen LogP contribution in [0, 0.1) is 4.77 Å². The monoisotopic (exact) mass is 372 g/mol. The van der Waals surface area contributed by atoms with E-state index in [2.05, 4.69) is 25.8 Å². The number of hydrogen-bond acceptors (Lipinski definition) is 4. The van der Waals surface area contributed by atoms with Gasteiger partial charge in [-0.3, -0.25) is 4.79 Å². The highest BCUT2D eigenvalue weighted by molar-refractivity contribution is 7.71. The van der Waals surface area contributed by atoms with Crippen molar-refractivity contribution in [1.29, 1.82) is 0 Å². The SMILES string of the molecule is CC(C)(C)c1ccc(O)c(-n2c(=S)[nH]c3sc4c(c3c2=O)CCC4)c1. The van der Waals surface area contributed by atoms with Crippen LogP contribution in [0.15, 0.2) is 23.0 Å². The number of phenolic OH excluding ortho intramolecular Hbond substituents is 1. The number of aromatic hydroxyl groups is 1. The van der Waals surface area contributed by atoms with Gasteiger partial charge in [-0.2, -0.15) is 0 Å². The van der Waals surface area contributed by atoms with Gasteiger partial charge in [0.25, 0.3) is 5.56 Å². The molecule has 0 spiro atoms. The van der Waals surface area contributed by atoms with Crippen LogP contribution in [-0.2, 0) is 18.3 Å². The molecule has 25 heavy (non-hydrogen) atoms. The molecule has 3 aromatic rings. The summed E-state index contributed by atoms with van der Waals surface area (Å²) >= 11 is 7.09. The minimum Gasteiger partial charge on any atom is -0.506 e. The van der Waals surface area contributed by atoms with Gasteiger partial charge in [0.1, 0.15) is 10.6 Å². The maximum atomic E-state index is 13.3. The first-order valence-corrected chi connectivity index (χ1v) is 9.63. The molecule has 0 bridgehead atoms. The quantitative estimate of drug-likeness (QED) is 0.614. The van der Waals surface area contributed by atoms with Crippen molar-refractivity contribution in [2.24, 2.45) is 0 Å². The van der Waals surface area contributed by atoms with Crippen molar-refractivity contribution in [1.82, 2.24) is 9.55 Å². The summed E-state index contributed by atoms with van der Waals surface area (Å²) in [6.07, 6.45) is 3.06. The molecule has 0 saturated carbocycles. The Labute approximate surface area is 154 Å². The number of aryl methyl sites for hydroxylation is 2. The third-order valence-electron chi connectivity index (χ3n) is 4.84. The third kappa shape index (κ3) is 2.55. The van der Waals surface area contributed by atoms with E-state index in [-0.39, 0.29) is 16.7 Å². The first kappa shape index (κ1) is 16.5. The van der Waals surface area contributed by atoms with Crippen molar-refractivity contribution in [3.05, 3.63) is 49.3 Å². The van der Waals surface area contributed by atoms with Crippen LogP contribution in [-0.4, -0.2) is 14.7 Å². The molecule has 0 unspecified atom stereocenters. The fourth-order valence-electron chi connectivity index (χ4n) is 3.46. The fraction of sp³-hybridized carbons (Fsp3) is 0.368. The molecular formula is C19H20N2O2S2. The number of rotatable bonds is 1. The van der Waals surface area contributed by atoms with E-state index < -0.39 is 0 Å². The van der Waals surface area contributed by atoms with E-state index in [0.717, 1.165) is 40.6 Å².